The molecule has 5 rings (SSSR count). The van der Waals surface area contributed by atoms with Gasteiger partial charge >= 0.3 is 6.03 Å². The highest BCUT2D eigenvalue weighted by Crippen LogP contribution is 2.42. The van der Waals surface area contributed by atoms with Crippen LogP contribution in [0.3, 0.4) is 0 Å². The molecule has 204 valence electrons. The monoisotopic (exact) mass is 538 g/mol. The van der Waals surface area contributed by atoms with Crippen LogP contribution in [0.4, 0.5) is 10.5 Å². The van der Waals surface area contributed by atoms with Crippen LogP contribution in [0, 0.1) is 20.4 Å². The van der Waals surface area contributed by atoms with Crippen LogP contribution in [0.15, 0.2) is 42.2 Å². The number of nitrogens with one attached hydrogen (secondary N) is 2. The van der Waals surface area contributed by atoms with E-state index in [1.807, 2.05) is 43.8 Å². The van der Waals surface area contributed by atoms with Crippen molar-refractivity contribution in [2.24, 2.45) is 7.05 Å². The van der Waals surface area contributed by atoms with Crippen molar-refractivity contribution in [3.63, 3.8) is 0 Å². The van der Waals surface area contributed by atoms with Crippen molar-refractivity contribution in [3.05, 3.63) is 76.1 Å². The first kappa shape index (κ1) is 26.6. The number of fused-ring (bicyclic) bond motifs is 2. The Morgan fingerprint density at radius 3 is 2.70 bits per heavy atom. The van der Waals surface area contributed by atoms with E-state index in [-0.39, 0.29) is 17.6 Å². The molecule has 40 heavy (non-hydrogen) atoms. The van der Waals surface area contributed by atoms with Crippen LogP contribution in [0.5, 0.6) is 11.5 Å². The Hall–Kier alpha value is -5.04. The molecule has 0 fully saturated rings. The molecule has 0 saturated carbocycles. The van der Waals surface area contributed by atoms with Gasteiger partial charge in [0.05, 0.1) is 24.1 Å². The number of amides is 2. The summed E-state index contributed by atoms with van der Waals surface area (Å²) in [5.41, 5.74) is 6.31. The van der Waals surface area contributed by atoms with Crippen molar-refractivity contribution in [2.75, 3.05) is 26.0 Å². The number of ketones is 1. The van der Waals surface area contributed by atoms with E-state index in [2.05, 4.69) is 25.1 Å². The van der Waals surface area contributed by atoms with Crippen LogP contribution in [-0.4, -0.2) is 46.9 Å². The van der Waals surface area contributed by atoms with Gasteiger partial charge in [-0.05, 0) is 56.3 Å². The summed E-state index contributed by atoms with van der Waals surface area (Å²) in [6.07, 6.45) is 2.45. The van der Waals surface area contributed by atoms with Crippen molar-refractivity contribution in [1.29, 1.82) is 0 Å². The average molecular weight is 539 g/mol. The molecule has 1 aliphatic rings. The topological polar surface area (TPSA) is 104 Å². The molecule has 1 aliphatic heterocycles. The normalized spacial score (nSPS) is 13.3. The first-order valence-corrected chi connectivity index (χ1v) is 12.9. The molecule has 10 nitrogen and oxygen atoms in total. The van der Waals surface area contributed by atoms with E-state index in [0.29, 0.717) is 42.3 Å². The summed E-state index contributed by atoms with van der Waals surface area (Å²) in [6, 6.07) is 10.5. The van der Waals surface area contributed by atoms with Crippen LogP contribution >= 0.6 is 0 Å². The minimum absolute atomic E-state index is 0.176. The number of methoxy groups -OCH3 is 1. The van der Waals surface area contributed by atoms with Crippen molar-refractivity contribution in [1.82, 2.24) is 19.7 Å². The zero-order valence-corrected chi connectivity index (χ0v) is 23.1. The molecule has 0 atom stereocenters. The number of aromatic nitrogens is 3. The lowest BCUT2D eigenvalue weighted by Gasteiger charge is -2.12. The maximum Gasteiger partial charge on any atom is 0.318 e. The molecule has 0 spiro atoms. The van der Waals surface area contributed by atoms with Crippen LogP contribution in [0.2, 0.25) is 0 Å². The van der Waals surface area contributed by atoms with Gasteiger partial charge in [-0.2, -0.15) is 5.10 Å². The lowest BCUT2D eigenvalue weighted by Crippen LogP contribution is -2.24. The molecule has 4 aromatic rings. The summed E-state index contributed by atoms with van der Waals surface area (Å²) in [5, 5.41) is 10.7. The number of aryl methyl sites for hydroxylation is 3. The Morgan fingerprint density at radius 1 is 1.23 bits per heavy atom. The SMILES string of the molecule is [C-]#[N+]CCCn1c(-c2c(C)nn(C)c2C)c(/C=C2\Oc3ccc(NC(=O)NC)cc3C2=O)c2cc(OC)ccc21. The van der Waals surface area contributed by atoms with Gasteiger partial charge in [-0.3, -0.25) is 9.48 Å². The fraction of sp³-hybridized carbons (Fsp3) is 0.267. The molecule has 3 heterocycles. The zero-order chi connectivity index (χ0) is 28.6. The lowest BCUT2D eigenvalue weighted by atomic mass is 10.0. The summed E-state index contributed by atoms with van der Waals surface area (Å²) < 4.78 is 15.7. The van der Waals surface area contributed by atoms with E-state index in [0.717, 1.165) is 39.1 Å². The number of rotatable bonds is 7. The molecule has 0 radical (unpaired) electrons. The number of carbonyl (C=O) groups is 2. The van der Waals surface area contributed by atoms with Crippen molar-refractivity contribution >= 4 is 34.5 Å². The average Bonchev–Trinajstić information content (AvgIpc) is 3.51. The number of benzene rings is 2. The van der Waals surface area contributed by atoms with E-state index in [4.69, 9.17) is 16.0 Å². The molecule has 0 saturated heterocycles. The number of hydrogen-bond acceptors (Lipinski definition) is 5. The van der Waals surface area contributed by atoms with Crippen molar-refractivity contribution < 1.29 is 19.1 Å². The van der Waals surface area contributed by atoms with Gasteiger partial charge in [0.2, 0.25) is 12.3 Å². The maximum atomic E-state index is 13.6. The number of hydrogen-bond donors (Lipinski definition) is 2. The van der Waals surface area contributed by atoms with E-state index in [1.165, 1.54) is 7.05 Å². The van der Waals surface area contributed by atoms with Crippen molar-refractivity contribution in [3.8, 4) is 22.8 Å². The van der Waals surface area contributed by atoms with E-state index >= 15 is 0 Å². The van der Waals surface area contributed by atoms with Gasteiger partial charge < -0.3 is 29.5 Å². The summed E-state index contributed by atoms with van der Waals surface area (Å²) in [7, 11) is 5.05. The Morgan fingerprint density at radius 2 is 2.02 bits per heavy atom. The van der Waals surface area contributed by atoms with E-state index in [9.17, 15) is 9.59 Å². The minimum atomic E-state index is -0.381. The van der Waals surface area contributed by atoms with Gasteiger partial charge in [0.25, 0.3) is 0 Å². The molecule has 2 amide bonds. The van der Waals surface area contributed by atoms with Crippen molar-refractivity contribution in [2.45, 2.75) is 26.8 Å². The molecular weight excluding hydrogens is 508 g/mol. The Kier molecular flexibility index (Phi) is 7.05. The number of carbonyl (C=O) groups excluding carboxylic acids is 2. The molecular formula is C30H30N6O4. The number of allylic oxidation sites excluding steroid dienone is 1. The molecule has 0 unspecified atom stereocenters. The zero-order valence-electron chi connectivity index (χ0n) is 23.1. The predicted octanol–water partition coefficient (Wildman–Crippen LogP) is 5.34. The summed E-state index contributed by atoms with van der Waals surface area (Å²) in [6.45, 7) is 12.3. The number of ether oxygens (including phenoxy) is 2. The second-order valence-corrected chi connectivity index (χ2v) is 9.56. The first-order chi connectivity index (χ1) is 19.3. The van der Waals surface area contributed by atoms with Crippen LogP contribution in [0.25, 0.3) is 33.1 Å². The van der Waals surface area contributed by atoms with Gasteiger partial charge in [-0.15, -0.1) is 0 Å². The van der Waals surface area contributed by atoms with Gasteiger partial charge in [0.15, 0.2) is 5.76 Å². The fourth-order valence-corrected chi connectivity index (χ4v) is 5.15. The standard InChI is InChI=1S/C30H30N6O4/c1-17-27(18(2)35(5)34-17)28-22(21-15-20(39-6)9-10-24(21)36(28)13-7-12-31-3)16-26-29(37)23-14-19(33-30(38)32-4)8-11-25(23)40-26/h8-11,14-16H,7,12-13H2,1-2,4-6H3,(H2,32,33,38)/b26-16-. The number of Topliss-reactive ketones (excluding diaryl/α,β-unsaturated/α-hetero) is 1. The van der Waals surface area contributed by atoms with Gasteiger partial charge in [-0.1, -0.05) is 0 Å². The van der Waals surface area contributed by atoms with Gasteiger partial charge in [0, 0.05) is 60.5 Å². The summed E-state index contributed by atoms with van der Waals surface area (Å²) in [4.78, 5) is 28.9. The number of urea groups is 1. The smallest absolute Gasteiger partial charge is 0.318 e. The quantitative estimate of drug-likeness (QED) is 0.188. The number of anilines is 1. The van der Waals surface area contributed by atoms with E-state index in [1.54, 1.807) is 31.4 Å². The Balaban J connectivity index is 1.72. The highest BCUT2D eigenvalue weighted by atomic mass is 16.5. The summed E-state index contributed by atoms with van der Waals surface area (Å²) in [5.74, 6) is 1.00. The lowest BCUT2D eigenvalue weighted by molar-refractivity contribution is 0.101. The second kappa shape index (κ2) is 10.6. The molecule has 2 aromatic carbocycles. The number of nitrogens with zero attached hydrogens (tertiary/aromatic N) is 4. The van der Waals surface area contributed by atoms with E-state index < -0.39 is 0 Å². The Labute approximate surface area is 232 Å². The van der Waals surface area contributed by atoms with Crippen LogP contribution in [0.1, 0.15) is 33.7 Å². The second-order valence-electron chi connectivity index (χ2n) is 9.56. The molecule has 2 aromatic heterocycles. The highest BCUT2D eigenvalue weighted by Gasteiger charge is 2.30. The molecule has 0 aliphatic carbocycles. The third-order valence-corrected chi connectivity index (χ3v) is 7.14. The maximum absolute atomic E-state index is 13.6. The Bertz CT molecular complexity index is 1740. The first-order valence-electron chi connectivity index (χ1n) is 12.9. The molecule has 0 bridgehead atoms. The van der Waals surface area contributed by atoms with Gasteiger partial charge in [0.1, 0.15) is 11.5 Å². The molecule has 2 N–H and O–H groups in total. The van der Waals surface area contributed by atoms with Gasteiger partial charge in [-0.25, -0.2) is 11.4 Å². The van der Waals surface area contributed by atoms with Crippen LogP contribution in [-0.2, 0) is 13.6 Å². The minimum Gasteiger partial charge on any atom is -0.497 e. The molecule has 10 heteroatoms. The predicted molar refractivity (Wildman–Crippen MR) is 154 cm³/mol. The fourth-order valence-electron chi connectivity index (χ4n) is 5.15. The summed E-state index contributed by atoms with van der Waals surface area (Å²) >= 11 is 0. The van der Waals surface area contributed by atoms with Crippen LogP contribution < -0.4 is 20.1 Å². The third kappa shape index (κ3) is 4.56. The largest absolute Gasteiger partial charge is 0.497 e. The third-order valence-electron chi connectivity index (χ3n) is 7.14. The highest BCUT2D eigenvalue weighted by molar-refractivity contribution is 6.16.